The molecule has 4 nitrogen and oxygen atoms in total. The zero-order valence-electron chi connectivity index (χ0n) is 15.6. The number of likely N-dealkylation sites (N-methyl/N-ethyl adjacent to an activating group) is 1. The van der Waals surface area contributed by atoms with Gasteiger partial charge in [0.05, 0.1) is 0 Å². The van der Waals surface area contributed by atoms with Crippen LogP contribution in [0.3, 0.4) is 0 Å². The predicted molar refractivity (Wildman–Crippen MR) is 95.8 cm³/mol. The monoisotopic (exact) mass is 309 g/mol. The second-order valence-corrected chi connectivity index (χ2v) is 5.00. The van der Waals surface area contributed by atoms with Crippen molar-refractivity contribution in [1.82, 2.24) is 15.1 Å². The van der Waals surface area contributed by atoms with Crippen molar-refractivity contribution in [3.05, 3.63) is 23.4 Å². The maximum atomic E-state index is 12.2. The Bertz CT molecular complexity index is 380. The quantitative estimate of drug-likeness (QED) is 0.851. The van der Waals surface area contributed by atoms with Crippen molar-refractivity contribution in [1.29, 1.82) is 0 Å². The summed E-state index contributed by atoms with van der Waals surface area (Å²) in [6.07, 6.45) is 5.12. The molecule has 128 valence electrons. The van der Waals surface area contributed by atoms with Crippen LogP contribution in [0, 0.1) is 0 Å². The summed E-state index contributed by atoms with van der Waals surface area (Å²) in [6.45, 7) is 16.1. The summed E-state index contributed by atoms with van der Waals surface area (Å²) < 4.78 is 0. The molecule has 2 saturated heterocycles. The Balaban J connectivity index is 0.00000102. The van der Waals surface area contributed by atoms with E-state index in [1.54, 1.807) is 0 Å². The van der Waals surface area contributed by atoms with Crippen LogP contribution in [0.1, 0.15) is 48.0 Å². The second-order valence-electron chi connectivity index (χ2n) is 5.00. The van der Waals surface area contributed by atoms with Crippen LogP contribution in [-0.4, -0.2) is 55.0 Å². The average Bonchev–Trinajstić information content (AvgIpc) is 2.88. The first-order valence-corrected chi connectivity index (χ1v) is 8.77. The standard InChI is InChI=1S/C14H23N3O.2C2H6/c1-4-6-12-11(5-2)13(14(18)15-12)17-9-7-16(3)8-10-17;2*1-2/h5-6,13H,4,7-10H2,1-3H3,(H,15,18);2*1-2H3/b11-5+,12-6+;;. The van der Waals surface area contributed by atoms with Crippen LogP contribution in [0.15, 0.2) is 23.4 Å². The van der Waals surface area contributed by atoms with Crippen molar-refractivity contribution in [2.75, 3.05) is 33.2 Å². The van der Waals surface area contributed by atoms with Crippen molar-refractivity contribution in [3.8, 4) is 0 Å². The highest BCUT2D eigenvalue weighted by Gasteiger charge is 2.37. The molecule has 0 bridgehead atoms. The van der Waals surface area contributed by atoms with Crippen molar-refractivity contribution < 1.29 is 4.79 Å². The first-order chi connectivity index (χ1) is 10.7. The minimum absolute atomic E-state index is 0.0819. The third-order valence-corrected chi connectivity index (χ3v) is 3.73. The number of allylic oxidation sites excluding steroid dienone is 2. The Morgan fingerprint density at radius 1 is 1.14 bits per heavy atom. The fourth-order valence-corrected chi connectivity index (χ4v) is 2.69. The van der Waals surface area contributed by atoms with Gasteiger partial charge in [0.1, 0.15) is 6.04 Å². The van der Waals surface area contributed by atoms with Gasteiger partial charge in [-0.2, -0.15) is 0 Å². The molecule has 4 heteroatoms. The molecule has 2 rings (SSSR count). The minimum atomic E-state index is -0.0819. The lowest BCUT2D eigenvalue weighted by Gasteiger charge is -2.35. The van der Waals surface area contributed by atoms with Gasteiger partial charge >= 0.3 is 0 Å². The lowest BCUT2D eigenvalue weighted by atomic mass is 10.0. The van der Waals surface area contributed by atoms with E-state index in [1.165, 1.54) is 0 Å². The van der Waals surface area contributed by atoms with E-state index >= 15 is 0 Å². The summed E-state index contributed by atoms with van der Waals surface area (Å²) in [6, 6.07) is -0.0819. The van der Waals surface area contributed by atoms with Crippen molar-refractivity contribution in [3.63, 3.8) is 0 Å². The molecule has 0 radical (unpaired) electrons. The van der Waals surface area contributed by atoms with E-state index in [2.05, 4.69) is 41.2 Å². The molecule has 22 heavy (non-hydrogen) atoms. The van der Waals surface area contributed by atoms with E-state index in [0.29, 0.717) is 0 Å². The van der Waals surface area contributed by atoms with Gasteiger partial charge in [0.15, 0.2) is 0 Å². The van der Waals surface area contributed by atoms with Gasteiger partial charge in [0.2, 0.25) is 5.91 Å². The number of amides is 1. The van der Waals surface area contributed by atoms with Crippen molar-refractivity contribution in [2.24, 2.45) is 0 Å². The van der Waals surface area contributed by atoms with E-state index in [1.807, 2.05) is 34.6 Å². The van der Waals surface area contributed by atoms with Gasteiger partial charge in [0.25, 0.3) is 0 Å². The first-order valence-electron chi connectivity index (χ1n) is 8.77. The summed E-state index contributed by atoms with van der Waals surface area (Å²) in [7, 11) is 2.13. The molecule has 2 heterocycles. The number of nitrogens with one attached hydrogen (secondary N) is 1. The number of carbonyl (C=O) groups is 1. The molecule has 2 aliphatic rings. The van der Waals surface area contributed by atoms with Crippen LogP contribution < -0.4 is 5.32 Å². The molecule has 0 aromatic heterocycles. The molecule has 1 N–H and O–H groups in total. The molecule has 0 aromatic carbocycles. The topological polar surface area (TPSA) is 35.6 Å². The third-order valence-electron chi connectivity index (χ3n) is 3.73. The van der Waals surface area contributed by atoms with Crippen LogP contribution in [-0.2, 0) is 4.79 Å². The fourth-order valence-electron chi connectivity index (χ4n) is 2.69. The Morgan fingerprint density at radius 2 is 1.68 bits per heavy atom. The summed E-state index contributed by atoms with van der Waals surface area (Å²) in [5.74, 6) is 0.132. The number of hydrogen-bond acceptors (Lipinski definition) is 3. The molecule has 1 atom stereocenters. The van der Waals surface area contributed by atoms with E-state index in [4.69, 9.17) is 0 Å². The zero-order valence-corrected chi connectivity index (χ0v) is 15.6. The highest BCUT2D eigenvalue weighted by molar-refractivity contribution is 5.93. The van der Waals surface area contributed by atoms with Gasteiger partial charge in [-0.15, -0.1) is 0 Å². The third kappa shape index (κ3) is 5.25. The van der Waals surface area contributed by atoms with Gasteiger partial charge < -0.3 is 10.2 Å². The zero-order chi connectivity index (χ0) is 17.1. The molecular weight excluding hydrogens is 274 g/mol. The van der Waals surface area contributed by atoms with Crippen LogP contribution in [0.4, 0.5) is 0 Å². The molecular formula is C18H35N3O. The molecule has 2 fully saturated rings. The second kappa shape index (κ2) is 11.4. The Morgan fingerprint density at radius 3 is 2.14 bits per heavy atom. The largest absolute Gasteiger partial charge is 0.324 e. The number of piperazine rings is 1. The maximum absolute atomic E-state index is 12.2. The summed E-state index contributed by atoms with van der Waals surface area (Å²) in [5.41, 5.74) is 2.15. The van der Waals surface area contributed by atoms with Gasteiger partial charge in [-0.25, -0.2) is 0 Å². The molecule has 0 spiro atoms. The van der Waals surface area contributed by atoms with E-state index in [-0.39, 0.29) is 11.9 Å². The number of nitrogens with zero attached hydrogens (tertiary/aromatic N) is 2. The highest BCUT2D eigenvalue weighted by atomic mass is 16.2. The smallest absolute Gasteiger partial charge is 0.246 e. The summed E-state index contributed by atoms with van der Waals surface area (Å²) >= 11 is 0. The number of rotatable bonds is 2. The average molecular weight is 309 g/mol. The first kappa shape index (κ1) is 20.9. The normalized spacial score (nSPS) is 26.1. The summed E-state index contributed by atoms with van der Waals surface area (Å²) in [5, 5.41) is 3.01. The van der Waals surface area contributed by atoms with Gasteiger partial charge in [-0.1, -0.05) is 46.8 Å². The van der Waals surface area contributed by atoms with E-state index in [9.17, 15) is 4.79 Å². The van der Waals surface area contributed by atoms with E-state index in [0.717, 1.165) is 43.9 Å². The lowest BCUT2D eigenvalue weighted by Crippen LogP contribution is -2.51. The Labute approximate surface area is 137 Å². The van der Waals surface area contributed by atoms with Crippen LogP contribution in [0.25, 0.3) is 0 Å². The van der Waals surface area contributed by atoms with Gasteiger partial charge in [-0.05, 0) is 26.0 Å². The van der Waals surface area contributed by atoms with Crippen molar-refractivity contribution >= 4 is 5.91 Å². The highest BCUT2D eigenvalue weighted by Crippen LogP contribution is 2.25. The van der Waals surface area contributed by atoms with Gasteiger partial charge in [0, 0.05) is 31.9 Å². The predicted octanol–water partition coefficient (Wildman–Crippen LogP) is 3.02. The Kier molecular flexibility index (Phi) is 10.9. The molecule has 0 aliphatic carbocycles. The molecule has 0 aromatic rings. The lowest BCUT2D eigenvalue weighted by molar-refractivity contribution is -0.123. The Hall–Kier alpha value is -1.13. The number of carbonyl (C=O) groups excluding carboxylic acids is 1. The molecule has 1 unspecified atom stereocenters. The fraction of sp³-hybridized carbons (Fsp3) is 0.722. The van der Waals surface area contributed by atoms with Crippen LogP contribution in [0.5, 0.6) is 0 Å². The number of hydrogen-bond donors (Lipinski definition) is 1. The summed E-state index contributed by atoms with van der Waals surface area (Å²) in [4.78, 5) is 16.8. The SMILES string of the molecule is C/C=C1\C(=C/CC)NC(=O)C1N1CCN(C)CC1.CC.CC. The molecule has 0 saturated carbocycles. The van der Waals surface area contributed by atoms with Crippen molar-refractivity contribution in [2.45, 2.75) is 54.0 Å². The van der Waals surface area contributed by atoms with Crippen LogP contribution in [0.2, 0.25) is 0 Å². The van der Waals surface area contributed by atoms with Gasteiger partial charge in [-0.3, -0.25) is 9.69 Å². The minimum Gasteiger partial charge on any atom is -0.324 e. The molecule has 1 amide bonds. The molecule has 2 aliphatic heterocycles. The maximum Gasteiger partial charge on any atom is 0.246 e. The van der Waals surface area contributed by atoms with Crippen LogP contribution >= 0.6 is 0 Å². The van der Waals surface area contributed by atoms with E-state index < -0.39 is 0 Å².